The summed E-state index contributed by atoms with van der Waals surface area (Å²) >= 11 is 0. The molecule has 0 spiro atoms. The number of nitrogens with two attached hydrogens (primary N) is 2. The minimum atomic E-state index is -1.64. The summed E-state index contributed by atoms with van der Waals surface area (Å²) in [6.45, 7) is 0. The normalized spacial score (nSPS) is 13.8. The largest absolute Gasteiger partial charge is 0.481 e. The molecule has 0 fully saturated rings. The van der Waals surface area contributed by atoms with E-state index >= 15 is 0 Å². The number of nitrogens with one attached hydrogen (secondary N) is 4. The molecule has 222 valence electrons. The van der Waals surface area contributed by atoms with Crippen molar-refractivity contribution in [3.8, 4) is 0 Å². The lowest BCUT2D eigenvalue weighted by Gasteiger charge is -2.24. The maximum atomic E-state index is 13.1. The van der Waals surface area contributed by atoms with Crippen LogP contribution in [0.15, 0.2) is 30.5 Å². The second kappa shape index (κ2) is 15.0. The molecule has 16 heteroatoms. The second-order valence-corrected chi connectivity index (χ2v) is 9.23. The fourth-order valence-corrected chi connectivity index (χ4v) is 3.90. The summed E-state index contributed by atoms with van der Waals surface area (Å²) < 4.78 is 0. The quantitative estimate of drug-likeness (QED) is 0.101. The Morgan fingerprint density at radius 1 is 0.780 bits per heavy atom. The number of carboxylic acid groups (broad SMARTS) is 3. The number of primary amides is 1. The Balaban J connectivity index is 2.19. The summed E-state index contributed by atoms with van der Waals surface area (Å²) in [5.41, 5.74) is 12.1. The molecule has 11 N–H and O–H groups in total. The summed E-state index contributed by atoms with van der Waals surface area (Å²) in [6.07, 6.45) is -1.04. The van der Waals surface area contributed by atoms with E-state index in [0.717, 1.165) is 10.9 Å². The third-order valence-corrected chi connectivity index (χ3v) is 6.04. The number of aliphatic carboxylic acids is 3. The molecular formula is C25H32N6O10. The zero-order valence-electron chi connectivity index (χ0n) is 21.8. The van der Waals surface area contributed by atoms with Gasteiger partial charge in [-0.05, 0) is 24.5 Å². The van der Waals surface area contributed by atoms with E-state index in [-0.39, 0.29) is 12.8 Å². The van der Waals surface area contributed by atoms with Crippen LogP contribution in [-0.4, -0.2) is 86.0 Å². The minimum absolute atomic E-state index is 0.140. The van der Waals surface area contributed by atoms with E-state index in [1.807, 2.05) is 0 Å². The molecule has 0 aliphatic carbocycles. The number of carboxylic acids is 3. The number of rotatable bonds is 17. The Kier molecular flexibility index (Phi) is 11.8. The summed E-state index contributed by atoms with van der Waals surface area (Å²) in [4.78, 5) is 86.8. The molecule has 0 aliphatic heterocycles. The molecule has 0 saturated heterocycles. The van der Waals surface area contributed by atoms with Gasteiger partial charge in [0.15, 0.2) is 0 Å². The Bertz CT molecular complexity index is 1310. The van der Waals surface area contributed by atoms with Crippen LogP contribution in [-0.2, 0) is 40.0 Å². The van der Waals surface area contributed by atoms with Crippen LogP contribution in [0.4, 0.5) is 0 Å². The molecule has 2 rings (SSSR count). The molecule has 41 heavy (non-hydrogen) atoms. The zero-order valence-corrected chi connectivity index (χ0v) is 21.8. The smallest absolute Gasteiger partial charge is 0.326 e. The van der Waals surface area contributed by atoms with Gasteiger partial charge in [-0.15, -0.1) is 0 Å². The van der Waals surface area contributed by atoms with Gasteiger partial charge in [0.2, 0.25) is 23.6 Å². The van der Waals surface area contributed by atoms with Gasteiger partial charge in [0, 0.05) is 36.4 Å². The van der Waals surface area contributed by atoms with Gasteiger partial charge in [-0.25, -0.2) is 4.79 Å². The van der Waals surface area contributed by atoms with Crippen molar-refractivity contribution < 1.29 is 48.9 Å². The van der Waals surface area contributed by atoms with E-state index in [9.17, 15) is 38.7 Å². The van der Waals surface area contributed by atoms with Crippen LogP contribution in [0.25, 0.3) is 10.9 Å². The fourth-order valence-electron chi connectivity index (χ4n) is 3.90. The van der Waals surface area contributed by atoms with Crippen molar-refractivity contribution in [2.24, 2.45) is 11.5 Å². The van der Waals surface area contributed by atoms with E-state index < -0.39 is 91.4 Å². The molecule has 0 radical (unpaired) electrons. The molecule has 4 atom stereocenters. The summed E-state index contributed by atoms with van der Waals surface area (Å²) in [5, 5.41) is 35.0. The van der Waals surface area contributed by atoms with Crippen LogP contribution >= 0.6 is 0 Å². The van der Waals surface area contributed by atoms with E-state index in [1.54, 1.807) is 30.5 Å². The van der Waals surface area contributed by atoms with E-state index in [2.05, 4.69) is 20.9 Å². The van der Waals surface area contributed by atoms with Crippen LogP contribution in [0.3, 0.4) is 0 Å². The predicted molar refractivity (Wildman–Crippen MR) is 141 cm³/mol. The van der Waals surface area contributed by atoms with E-state index in [0.29, 0.717) is 5.56 Å². The maximum Gasteiger partial charge on any atom is 0.326 e. The number of aromatic nitrogens is 1. The van der Waals surface area contributed by atoms with Gasteiger partial charge < -0.3 is 47.7 Å². The molecule has 16 nitrogen and oxygen atoms in total. The first-order chi connectivity index (χ1) is 19.3. The third kappa shape index (κ3) is 10.2. The van der Waals surface area contributed by atoms with Gasteiger partial charge in [0.1, 0.15) is 18.1 Å². The molecule has 0 aliphatic rings. The first-order valence-electron chi connectivity index (χ1n) is 12.4. The van der Waals surface area contributed by atoms with Crippen LogP contribution in [0.2, 0.25) is 0 Å². The number of H-pyrrole nitrogens is 1. The lowest BCUT2D eigenvalue weighted by molar-refractivity contribution is -0.143. The van der Waals surface area contributed by atoms with Crippen molar-refractivity contribution in [1.29, 1.82) is 0 Å². The van der Waals surface area contributed by atoms with E-state index in [1.165, 1.54) is 0 Å². The standard InChI is InChI=1S/C25H32N6O10/c26-14(5-7-20(33)34)22(37)30-17(10-19(27)32)24(39)29-16(6-8-21(35)36)23(38)31-18(25(40)41)9-12-11-28-15-4-2-1-3-13(12)15/h1-4,11,14,16-18,28H,5-10,26H2,(H2,27,32)(H,29,39)(H,30,37)(H,31,38)(H,33,34)(H,35,36)(H,40,41). The van der Waals surface area contributed by atoms with Crippen LogP contribution in [0.5, 0.6) is 0 Å². The van der Waals surface area contributed by atoms with Crippen molar-refractivity contribution in [1.82, 2.24) is 20.9 Å². The maximum absolute atomic E-state index is 13.1. The van der Waals surface area contributed by atoms with Gasteiger partial charge in [-0.3, -0.25) is 28.8 Å². The summed E-state index contributed by atoms with van der Waals surface area (Å²) in [5.74, 6) is -8.01. The molecule has 4 amide bonds. The zero-order chi connectivity index (χ0) is 30.7. The molecule has 0 saturated carbocycles. The molecule has 0 bridgehead atoms. The first kappa shape index (κ1) is 32.2. The Hall–Kier alpha value is -4.99. The Morgan fingerprint density at radius 2 is 1.34 bits per heavy atom. The van der Waals surface area contributed by atoms with Gasteiger partial charge >= 0.3 is 17.9 Å². The average molecular weight is 577 g/mol. The van der Waals surface area contributed by atoms with Crippen LogP contribution in [0, 0.1) is 0 Å². The number of hydrogen-bond acceptors (Lipinski definition) is 8. The third-order valence-electron chi connectivity index (χ3n) is 6.04. The summed E-state index contributed by atoms with van der Waals surface area (Å²) in [6, 6.07) is 1.07. The average Bonchev–Trinajstić information content (AvgIpc) is 3.30. The highest BCUT2D eigenvalue weighted by atomic mass is 16.4. The van der Waals surface area contributed by atoms with Crippen LogP contribution < -0.4 is 27.4 Å². The number of benzene rings is 1. The number of fused-ring (bicyclic) bond motifs is 1. The van der Waals surface area contributed by atoms with Crippen molar-refractivity contribution in [3.05, 3.63) is 36.0 Å². The number of aromatic amines is 1. The number of para-hydroxylation sites is 1. The van der Waals surface area contributed by atoms with Crippen molar-refractivity contribution in [3.63, 3.8) is 0 Å². The highest BCUT2D eigenvalue weighted by molar-refractivity contribution is 5.96. The molecule has 4 unspecified atom stereocenters. The first-order valence-corrected chi connectivity index (χ1v) is 12.4. The minimum Gasteiger partial charge on any atom is -0.481 e. The van der Waals surface area contributed by atoms with Crippen molar-refractivity contribution in [2.45, 2.75) is 62.7 Å². The van der Waals surface area contributed by atoms with Gasteiger partial charge in [-0.2, -0.15) is 0 Å². The molecule has 1 heterocycles. The lowest BCUT2D eigenvalue weighted by Crippen LogP contribution is -2.58. The number of amides is 4. The SMILES string of the molecule is NC(=O)CC(NC(=O)C(N)CCC(=O)O)C(=O)NC(CCC(=O)O)C(=O)NC(Cc1c[nH]c2ccccc12)C(=O)O. The Labute approximate surface area is 232 Å². The van der Waals surface area contributed by atoms with E-state index in [4.69, 9.17) is 21.7 Å². The number of carbonyl (C=O) groups is 7. The van der Waals surface area contributed by atoms with Gasteiger partial charge in [0.25, 0.3) is 0 Å². The molecule has 1 aromatic carbocycles. The molecule has 2 aromatic rings. The van der Waals surface area contributed by atoms with Crippen molar-refractivity contribution in [2.75, 3.05) is 0 Å². The monoisotopic (exact) mass is 576 g/mol. The highest BCUT2D eigenvalue weighted by Gasteiger charge is 2.32. The molecule has 1 aromatic heterocycles. The Morgan fingerprint density at radius 3 is 1.95 bits per heavy atom. The fraction of sp³-hybridized carbons (Fsp3) is 0.400. The van der Waals surface area contributed by atoms with Crippen molar-refractivity contribution >= 4 is 52.4 Å². The second-order valence-electron chi connectivity index (χ2n) is 9.23. The van der Waals surface area contributed by atoms with Gasteiger partial charge in [0.05, 0.1) is 12.5 Å². The number of hydrogen-bond donors (Lipinski definition) is 9. The number of carbonyl (C=O) groups excluding carboxylic acids is 4. The lowest BCUT2D eigenvalue weighted by atomic mass is 10.0. The summed E-state index contributed by atoms with van der Waals surface area (Å²) in [7, 11) is 0. The predicted octanol–water partition coefficient (Wildman–Crippen LogP) is -1.82. The van der Waals surface area contributed by atoms with Crippen LogP contribution in [0.1, 0.15) is 37.7 Å². The highest BCUT2D eigenvalue weighted by Crippen LogP contribution is 2.19. The molecular weight excluding hydrogens is 544 g/mol. The van der Waals surface area contributed by atoms with Gasteiger partial charge in [-0.1, -0.05) is 18.2 Å². The topological polar surface area (TPSA) is 284 Å².